The number of aromatic nitrogens is 1. The van der Waals surface area contributed by atoms with Gasteiger partial charge in [-0.1, -0.05) is 69.3 Å². The molecule has 1 unspecified atom stereocenters. The second-order valence-corrected chi connectivity index (χ2v) is 10.2. The van der Waals surface area contributed by atoms with Crippen LogP contribution in [-0.4, -0.2) is 26.8 Å². The van der Waals surface area contributed by atoms with Crippen LogP contribution in [0.1, 0.15) is 56.3 Å². The van der Waals surface area contributed by atoms with Gasteiger partial charge in [0.1, 0.15) is 11.5 Å². The van der Waals surface area contributed by atoms with Crippen molar-refractivity contribution in [3.63, 3.8) is 0 Å². The molecule has 198 valence electrons. The topological polar surface area (TPSA) is 87.0 Å². The van der Waals surface area contributed by atoms with Gasteiger partial charge in [-0.3, -0.25) is 4.98 Å². The first-order valence-corrected chi connectivity index (χ1v) is 13.1. The normalized spacial score (nSPS) is 15.1. The molecule has 0 fully saturated rings. The van der Waals surface area contributed by atoms with Crippen LogP contribution in [0.2, 0.25) is 0 Å². The number of nitrogens with zero attached hydrogens (tertiary/aromatic N) is 3. The number of hydrazone groups is 1. The number of rotatable bonds is 7. The van der Waals surface area contributed by atoms with E-state index in [9.17, 15) is 9.90 Å². The van der Waals surface area contributed by atoms with Gasteiger partial charge in [-0.05, 0) is 53.8 Å². The van der Waals surface area contributed by atoms with Crippen molar-refractivity contribution in [1.82, 2.24) is 9.99 Å². The van der Waals surface area contributed by atoms with Crippen molar-refractivity contribution in [2.24, 2.45) is 5.10 Å². The minimum atomic E-state index is -0.491. The van der Waals surface area contributed by atoms with Gasteiger partial charge in [0.2, 0.25) is 0 Å². The summed E-state index contributed by atoms with van der Waals surface area (Å²) in [5.41, 5.74) is 3.70. The highest BCUT2D eigenvalue weighted by atomic mass is 16.5. The van der Waals surface area contributed by atoms with E-state index in [1.165, 1.54) is 5.01 Å². The Balaban J connectivity index is 1.52. The predicted molar refractivity (Wildman–Crippen MR) is 153 cm³/mol. The molecule has 0 aliphatic carbocycles. The van der Waals surface area contributed by atoms with E-state index in [1.54, 1.807) is 24.5 Å². The zero-order valence-corrected chi connectivity index (χ0v) is 22.3. The number of para-hydroxylation sites is 2. The van der Waals surface area contributed by atoms with Crippen LogP contribution in [-0.2, 0) is 5.41 Å². The van der Waals surface area contributed by atoms with E-state index in [-0.39, 0.29) is 11.2 Å². The van der Waals surface area contributed by atoms with Crippen LogP contribution in [0, 0.1) is 0 Å². The molecule has 0 saturated heterocycles. The second-order valence-electron chi connectivity index (χ2n) is 10.2. The highest BCUT2D eigenvalue weighted by Gasteiger charge is 2.35. The number of nitrogens with one attached hydrogen (secondary N) is 1. The maximum Gasteiger partial charge on any atom is 0.342 e. The van der Waals surface area contributed by atoms with E-state index in [4.69, 9.17) is 9.84 Å². The minimum Gasteiger partial charge on any atom is -0.508 e. The predicted octanol–water partition coefficient (Wildman–Crippen LogP) is 7.65. The number of carbonyl (C=O) groups excluding carboxylic acids is 1. The maximum atomic E-state index is 13.9. The van der Waals surface area contributed by atoms with Crippen molar-refractivity contribution in [2.45, 2.75) is 45.1 Å². The molecular formula is C32H32N4O3. The standard InChI is InChI=1S/C32H32N4O3/c1-4-32(2,3)23-16-17-30(39-24-12-6-5-7-13-24)27(19-23)34-31(38)36-28(25-14-8-9-15-29(25)37)20-26(35-36)22-11-10-18-33-21-22/h5-19,21,28,37H,4,20H2,1-3H3,(H,34,38). The molecule has 5 rings (SSSR count). The summed E-state index contributed by atoms with van der Waals surface area (Å²) >= 11 is 0. The van der Waals surface area contributed by atoms with Gasteiger partial charge in [-0.15, -0.1) is 0 Å². The zero-order valence-electron chi connectivity index (χ0n) is 22.3. The molecule has 1 aromatic heterocycles. The van der Waals surface area contributed by atoms with Crippen LogP contribution < -0.4 is 10.1 Å². The van der Waals surface area contributed by atoms with Crippen molar-refractivity contribution >= 4 is 17.4 Å². The van der Waals surface area contributed by atoms with E-state index in [0.29, 0.717) is 34.9 Å². The highest BCUT2D eigenvalue weighted by Crippen LogP contribution is 2.39. The Hall–Kier alpha value is -4.65. The number of benzene rings is 3. The largest absolute Gasteiger partial charge is 0.508 e. The molecule has 2 heterocycles. The summed E-state index contributed by atoms with van der Waals surface area (Å²) in [6, 6.07) is 25.2. The quantitative estimate of drug-likeness (QED) is 0.262. The van der Waals surface area contributed by atoms with Gasteiger partial charge >= 0.3 is 6.03 Å². The number of anilines is 1. The number of hydrogen-bond acceptors (Lipinski definition) is 5. The molecule has 0 saturated carbocycles. The molecule has 1 aliphatic rings. The average molecular weight is 521 g/mol. The molecule has 0 bridgehead atoms. The minimum absolute atomic E-state index is 0.0948. The fraction of sp³-hybridized carbons (Fsp3) is 0.219. The number of pyridine rings is 1. The molecule has 7 heteroatoms. The van der Waals surface area contributed by atoms with Crippen LogP contribution >= 0.6 is 0 Å². The van der Waals surface area contributed by atoms with Crippen LogP contribution in [0.15, 0.2) is 102 Å². The van der Waals surface area contributed by atoms with Gasteiger partial charge < -0.3 is 15.2 Å². The Labute approximate surface area is 228 Å². The summed E-state index contributed by atoms with van der Waals surface area (Å²) in [6.45, 7) is 6.48. The van der Waals surface area contributed by atoms with Gasteiger partial charge in [0.15, 0.2) is 5.75 Å². The fourth-order valence-corrected chi connectivity index (χ4v) is 4.55. The van der Waals surface area contributed by atoms with Crippen LogP contribution in [0.4, 0.5) is 10.5 Å². The summed E-state index contributed by atoms with van der Waals surface area (Å²) in [6.07, 6.45) is 4.79. The van der Waals surface area contributed by atoms with Gasteiger partial charge in [-0.2, -0.15) is 5.10 Å². The molecular weight excluding hydrogens is 488 g/mol. The molecule has 0 radical (unpaired) electrons. The van der Waals surface area contributed by atoms with E-state index in [1.807, 2.05) is 72.8 Å². The monoisotopic (exact) mass is 520 g/mol. The first-order chi connectivity index (χ1) is 18.9. The van der Waals surface area contributed by atoms with Gasteiger partial charge in [-0.25, -0.2) is 9.80 Å². The Kier molecular flexibility index (Phi) is 7.32. The van der Waals surface area contributed by atoms with Gasteiger partial charge in [0, 0.05) is 29.9 Å². The van der Waals surface area contributed by atoms with Crippen molar-refractivity contribution in [3.05, 3.63) is 114 Å². The van der Waals surface area contributed by atoms with E-state index < -0.39 is 12.1 Å². The van der Waals surface area contributed by atoms with Gasteiger partial charge in [0.05, 0.1) is 17.4 Å². The SMILES string of the molecule is CCC(C)(C)c1ccc(Oc2ccccc2)c(NC(=O)N2N=C(c3cccnc3)CC2c2ccccc2O)c1. The molecule has 4 aromatic rings. The molecule has 2 amide bonds. The molecule has 3 aromatic carbocycles. The molecule has 39 heavy (non-hydrogen) atoms. The number of hydrogen-bond donors (Lipinski definition) is 2. The van der Waals surface area contributed by atoms with Crippen LogP contribution in [0.25, 0.3) is 0 Å². The number of amides is 2. The van der Waals surface area contributed by atoms with Crippen molar-refractivity contribution in [2.75, 3.05) is 5.32 Å². The third-order valence-electron chi connectivity index (χ3n) is 7.27. The summed E-state index contributed by atoms with van der Waals surface area (Å²) in [5, 5.41) is 19.8. The third kappa shape index (κ3) is 5.62. The smallest absolute Gasteiger partial charge is 0.342 e. The fourth-order valence-electron chi connectivity index (χ4n) is 4.55. The van der Waals surface area contributed by atoms with Crippen molar-refractivity contribution in [1.29, 1.82) is 0 Å². The number of aromatic hydroxyl groups is 1. The lowest BCUT2D eigenvalue weighted by atomic mass is 9.82. The molecule has 1 atom stereocenters. The number of phenols is 1. The van der Waals surface area contributed by atoms with Crippen LogP contribution in [0.3, 0.4) is 0 Å². The average Bonchev–Trinajstić information content (AvgIpc) is 3.41. The van der Waals surface area contributed by atoms with Crippen LogP contribution in [0.5, 0.6) is 17.2 Å². The Morgan fingerprint density at radius 2 is 1.82 bits per heavy atom. The lowest BCUT2D eigenvalue weighted by Gasteiger charge is -2.26. The first kappa shape index (κ1) is 26.0. The second kappa shape index (κ2) is 11.0. The first-order valence-electron chi connectivity index (χ1n) is 13.1. The van der Waals surface area contributed by atoms with E-state index in [0.717, 1.165) is 17.5 Å². The molecule has 7 nitrogen and oxygen atoms in total. The van der Waals surface area contributed by atoms with E-state index in [2.05, 4.69) is 31.1 Å². The number of phenolic OH excluding ortho intramolecular Hbond substituents is 1. The van der Waals surface area contributed by atoms with Crippen molar-refractivity contribution < 1.29 is 14.6 Å². The van der Waals surface area contributed by atoms with E-state index >= 15 is 0 Å². The lowest BCUT2D eigenvalue weighted by molar-refractivity contribution is 0.199. The Bertz CT molecular complexity index is 1490. The maximum absolute atomic E-state index is 13.9. The molecule has 2 N–H and O–H groups in total. The molecule has 1 aliphatic heterocycles. The molecule has 0 spiro atoms. The van der Waals surface area contributed by atoms with Gasteiger partial charge in [0.25, 0.3) is 0 Å². The Morgan fingerprint density at radius 1 is 1.05 bits per heavy atom. The summed E-state index contributed by atoms with van der Waals surface area (Å²) in [5.74, 6) is 1.31. The third-order valence-corrected chi connectivity index (χ3v) is 7.27. The summed E-state index contributed by atoms with van der Waals surface area (Å²) < 4.78 is 6.18. The lowest BCUT2D eigenvalue weighted by Crippen LogP contribution is -2.31. The summed E-state index contributed by atoms with van der Waals surface area (Å²) in [7, 11) is 0. The summed E-state index contributed by atoms with van der Waals surface area (Å²) in [4.78, 5) is 18.1. The number of ether oxygens (including phenoxy) is 1. The Morgan fingerprint density at radius 3 is 2.54 bits per heavy atom. The van der Waals surface area contributed by atoms with Crippen molar-refractivity contribution in [3.8, 4) is 17.2 Å². The highest BCUT2D eigenvalue weighted by molar-refractivity contribution is 6.04. The number of urea groups is 1. The number of carbonyl (C=O) groups is 1. The zero-order chi connectivity index (χ0) is 27.4.